The van der Waals surface area contributed by atoms with Crippen LogP contribution in [0.1, 0.15) is 38.5 Å². The van der Waals surface area contributed by atoms with E-state index in [1.165, 1.54) is 38.5 Å². The van der Waals surface area contributed by atoms with E-state index >= 15 is 0 Å². The maximum atomic E-state index is 10.6. The predicted octanol–water partition coefficient (Wildman–Crippen LogP) is 4.23. The van der Waals surface area contributed by atoms with Crippen LogP contribution in [-0.4, -0.2) is 46.8 Å². The number of β-amino-alcohol motifs (C(OH)–C–C–N with tert-alkyl or cyclic N) is 1. The maximum Gasteiger partial charge on any atom is 0.128 e. The molecule has 0 amide bonds. The van der Waals surface area contributed by atoms with E-state index in [4.69, 9.17) is 4.74 Å². The number of nitrogens with one attached hydrogen (secondary N) is 1. The van der Waals surface area contributed by atoms with E-state index in [0.29, 0.717) is 18.7 Å². The fraction of sp³-hybridized carbons (Fsp3) is 0.636. The van der Waals surface area contributed by atoms with Gasteiger partial charge < -0.3 is 14.8 Å². The van der Waals surface area contributed by atoms with Gasteiger partial charge in [0.25, 0.3) is 0 Å². The molecule has 0 saturated heterocycles. The van der Waals surface area contributed by atoms with E-state index in [9.17, 15) is 5.11 Å². The highest BCUT2D eigenvalue weighted by Gasteiger charge is 2.52. The summed E-state index contributed by atoms with van der Waals surface area (Å²) in [6.45, 7) is 1.05. The number of fused-ring (bicyclic) bond motifs is 1. The van der Waals surface area contributed by atoms with E-state index in [-0.39, 0.29) is 12.4 Å². The molecule has 0 radical (unpaired) electrons. The summed E-state index contributed by atoms with van der Waals surface area (Å²) in [5, 5.41) is 11.7. The van der Waals surface area contributed by atoms with Crippen LogP contribution in [0.25, 0.3) is 10.9 Å². The molecule has 4 aliphatic rings. The average molecular weight is 391 g/mol. The van der Waals surface area contributed by atoms with Crippen LogP contribution in [-0.2, 0) is 0 Å². The summed E-state index contributed by atoms with van der Waals surface area (Å²) >= 11 is 0. The molecular weight excluding hydrogens is 360 g/mol. The Balaban J connectivity index is 0.00000180. The Bertz CT molecular complexity index is 754. The first-order valence-corrected chi connectivity index (χ1v) is 10.2. The first-order chi connectivity index (χ1) is 12.6. The van der Waals surface area contributed by atoms with Crippen molar-refractivity contribution in [2.24, 2.45) is 17.8 Å². The van der Waals surface area contributed by atoms with Gasteiger partial charge in [0.05, 0.1) is 0 Å². The standard InChI is InChI=1S/C22H30N2O2.ClH/c1-24(22-10-15-7-16(11-22)9-17(8-15)12-22)13-18(25)14-26-21-4-2-3-20-19(21)5-6-23-20;/h2-6,15-18,23,25H,7-14H2,1H3;1H/t15?,16?,17?,18-,22?;/m0./s1. The molecule has 4 saturated carbocycles. The van der Waals surface area contributed by atoms with Gasteiger partial charge in [0.15, 0.2) is 0 Å². The van der Waals surface area contributed by atoms with Crippen LogP contribution in [0.3, 0.4) is 0 Å². The molecule has 2 N–H and O–H groups in total. The Morgan fingerprint density at radius 3 is 2.48 bits per heavy atom. The second-order valence-corrected chi connectivity index (χ2v) is 9.18. The molecule has 1 atom stereocenters. The van der Waals surface area contributed by atoms with Crippen molar-refractivity contribution in [1.29, 1.82) is 0 Å². The molecule has 27 heavy (non-hydrogen) atoms. The van der Waals surface area contributed by atoms with Crippen LogP contribution in [0.2, 0.25) is 0 Å². The minimum Gasteiger partial charge on any atom is -0.490 e. The number of likely N-dealkylation sites (N-methyl/N-ethyl adjacent to an activating group) is 1. The summed E-state index contributed by atoms with van der Waals surface area (Å²) in [4.78, 5) is 5.68. The number of aliphatic hydroxyl groups is 1. The zero-order valence-electron chi connectivity index (χ0n) is 16.1. The highest BCUT2D eigenvalue weighted by Crippen LogP contribution is 2.57. The minimum absolute atomic E-state index is 0. The zero-order valence-corrected chi connectivity index (χ0v) is 16.9. The third-order valence-corrected chi connectivity index (χ3v) is 7.29. The molecule has 148 valence electrons. The average Bonchev–Trinajstić information content (AvgIpc) is 3.08. The predicted molar refractivity (Wildman–Crippen MR) is 111 cm³/mol. The number of aromatic amines is 1. The lowest BCUT2D eigenvalue weighted by atomic mass is 9.52. The fourth-order valence-corrected chi connectivity index (χ4v) is 6.46. The van der Waals surface area contributed by atoms with Gasteiger partial charge in [-0.25, -0.2) is 0 Å². The molecule has 0 unspecified atom stereocenters. The number of benzene rings is 1. The van der Waals surface area contributed by atoms with Gasteiger partial charge in [-0.3, -0.25) is 4.90 Å². The van der Waals surface area contributed by atoms with Crippen molar-refractivity contribution in [2.45, 2.75) is 50.2 Å². The lowest BCUT2D eigenvalue weighted by Gasteiger charge is -2.60. The number of halogens is 1. The SMILES string of the molecule is CN(C[C@H](O)COc1cccc2[nH]ccc12)C12CC3CC(CC(C3)C1)C2.Cl. The highest BCUT2D eigenvalue weighted by molar-refractivity contribution is 5.86. The Morgan fingerprint density at radius 2 is 1.81 bits per heavy atom. The van der Waals surface area contributed by atoms with E-state index < -0.39 is 6.10 Å². The van der Waals surface area contributed by atoms with Crippen LogP contribution in [0.15, 0.2) is 30.5 Å². The highest BCUT2D eigenvalue weighted by atomic mass is 35.5. The molecule has 0 aliphatic heterocycles. The monoisotopic (exact) mass is 390 g/mol. The lowest BCUT2D eigenvalue weighted by Crippen LogP contribution is -2.60. The first-order valence-electron chi connectivity index (χ1n) is 10.2. The molecular formula is C22H31ClN2O2. The molecule has 1 aromatic carbocycles. The molecule has 4 bridgehead atoms. The van der Waals surface area contributed by atoms with Gasteiger partial charge in [-0.15, -0.1) is 12.4 Å². The van der Waals surface area contributed by atoms with Gasteiger partial charge in [-0.2, -0.15) is 0 Å². The van der Waals surface area contributed by atoms with Crippen LogP contribution >= 0.6 is 12.4 Å². The van der Waals surface area contributed by atoms with E-state index in [1.807, 2.05) is 30.5 Å². The smallest absolute Gasteiger partial charge is 0.128 e. The summed E-state index contributed by atoms with van der Waals surface area (Å²) in [6, 6.07) is 8.03. The molecule has 6 rings (SSSR count). The Hall–Kier alpha value is -1.23. The largest absolute Gasteiger partial charge is 0.490 e. The number of ether oxygens (including phenoxy) is 1. The van der Waals surface area contributed by atoms with Crippen molar-refractivity contribution >= 4 is 23.3 Å². The van der Waals surface area contributed by atoms with Gasteiger partial charge in [0, 0.05) is 29.2 Å². The number of nitrogens with zero attached hydrogens (tertiary/aromatic N) is 1. The van der Waals surface area contributed by atoms with Crippen molar-refractivity contribution in [1.82, 2.24) is 9.88 Å². The van der Waals surface area contributed by atoms with Gasteiger partial charge in [-0.1, -0.05) is 6.07 Å². The number of rotatable bonds is 6. The van der Waals surface area contributed by atoms with Gasteiger partial charge in [0.1, 0.15) is 18.5 Å². The summed E-state index contributed by atoms with van der Waals surface area (Å²) in [6.07, 6.45) is 9.86. The first kappa shape index (κ1) is 19.1. The Kier molecular flexibility index (Phi) is 5.17. The van der Waals surface area contributed by atoms with Gasteiger partial charge >= 0.3 is 0 Å². The van der Waals surface area contributed by atoms with Gasteiger partial charge in [-0.05, 0) is 81.5 Å². The van der Waals surface area contributed by atoms with E-state index in [2.05, 4.69) is 16.9 Å². The number of hydrogen-bond acceptors (Lipinski definition) is 3. The van der Waals surface area contributed by atoms with Crippen LogP contribution in [0.5, 0.6) is 5.75 Å². The molecule has 4 aliphatic carbocycles. The van der Waals surface area contributed by atoms with E-state index in [1.54, 1.807) is 0 Å². The number of aromatic nitrogens is 1. The quantitative estimate of drug-likeness (QED) is 0.775. The number of aliphatic hydroxyl groups excluding tert-OH is 1. The Labute approximate surface area is 167 Å². The minimum atomic E-state index is -0.456. The third kappa shape index (κ3) is 3.48. The Morgan fingerprint density at radius 1 is 1.15 bits per heavy atom. The number of H-pyrrole nitrogens is 1. The van der Waals surface area contributed by atoms with Crippen molar-refractivity contribution < 1.29 is 9.84 Å². The van der Waals surface area contributed by atoms with Crippen molar-refractivity contribution in [3.05, 3.63) is 30.5 Å². The van der Waals surface area contributed by atoms with Crippen molar-refractivity contribution in [3.8, 4) is 5.75 Å². The number of hydrogen-bond donors (Lipinski definition) is 2. The van der Waals surface area contributed by atoms with E-state index in [0.717, 1.165) is 34.4 Å². The molecule has 1 heterocycles. The van der Waals surface area contributed by atoms with Crippen LogP contribution < -0.4 is 4.74 Å². The van der Waals surface area contributed by atoms with Gasteiger partial charge in [0.2, 0.25) is 0 Å². The lowest BCUT2D eigenvalue weighted by molar-refractivity contribution is -0.0911. The summed E-state index contributed by atoms with van der Waals surface area (Å²) in [5.74, 6) is 3.65. The summed E-state index contributed by atoms with van der Waals surface area (Å²) in [7, 11) is 2.23. The molecule has 5 heteroatoms. The molecule has 0 spiro atoms. The summed E-state index contributed by atoms with van der Waals surface area (Å²) in [5.41, 5.74) is 1.42. The zero-order chi connectivity index (χ0) is 17.7. The third-order valence-electron chi connectivity index (χ3n) is 7.29. The second kappa shape index (κ2) is 7.31. The molecule has 4 fully saturated rings. The summed E-state index contributed by atoms with van der Waals surface area (Å²) < 4.78 is 5.96. The molecule has 2 aromatic rings. The normalized spacial score (nSPS) is 32.6. The topological polar surface area (TPSA) is 48.5 Å². The van der Waals surface area contributed by atoms with Crippen molar-refractivity contribution in [2.75, 3.05) is 20.2 Å². The molecule has 4 nitrogen and oxygen atoms in total. The van der Waals surface area contributed by atoms with Crippen molar-refractivity contribution in [3.63, 3.8) is 0 Å². The van der Waals surface area contributed by atoms with Crippen LogP contribution in [0, 0.1) is 17.8 Å². The second-order valence-electron chi connectivity index (χ2n) is 9.18. The maximum absolute atomic E-state index is 10.6. The van der Waals surface area contributed by atoms with Crippen LogP contribution in [0.4, 0.5) is 0 Å². The fourth-order valence-electron chi connectivity index (χ4n) is 6.46. The molecule has 1 aromatic heterocycles.